The first-order chi connectivity index (χ1) is 17.9. The van der Waals surface area contributed by atoms with E-state index in [2.05, 4.69) is 20.9 Å². The molecule has 0 N–H and O–H groups in total. The average molecular weight is 581 g/mol. The zero-order valence-corrected chi connectivity index (χ0v) is 23.0. The fraction of sp³-hybridized carbons (Fsp3) is 0.179. The fourth-order valence-corrected chi connectivity index (χ4v) is 5.08. The number of amidine groups is 1. The maximum atomic E-state index is 13.0. The molecule has 9 heteroatoms. The number of esters is 1. The molecular formula is C28H25BrN2O5S. The number of benzene rings is 3. The predicted molar refractivity (Wildman–Crippen MR) is 149 cm³/mol. The number of amides is 1. The van der Waals surface area contributed by atoms with Gasteiger partial charge < -0.3 is 14.2 Å². The zero-order valence-electron chi connectivity index (χ0n) is 20.6. The number of thioether (sulfide) groups is 1. The van der Waals surface area contributed by atoms with Gasteiger partial charge >= 0.3 is 5.97 Å². The van der Waals surface area contributed by atoms with E-state index in [1.165, 1.54) is 16.7 Å². The highest BCUT2D eigenvalue weighted by molar-refractivity contribution is 9.10. The third-order valence-corrected chi connectivity index (χ3v) is 7.01. The molecule has 3 aromatic carbocycles. The molecule has 0 atom stereocenters. The largest absolute Gasteiger partial charge is 0.493 e. The lowest BCUT2D eigenvalue weighted by atomic mass is 10.1. The lowest BCUT2D eigenvalue weighted by Crippen LogP contribution is -2.23. The van der Waals surface area contributed by atoms with Crippen LogP contribution in [0.2, 0.25) is 0 Å². The minimum atomic E-state index is -0.413. The molecule has 0 unspecified atom stereocenters. The van der Waals surface area contributed by atoms with Crippen molar-refractivity contribution >= 4 is 56.5 Å². The molecule has 1 heterocycles. The van der Waals surface area contributed by atoms with Crippen molar-refractivity contribution in [1.82, 2.24) is 4.90 Å². The van der Waals surface area contributed by atoms with Crippen LogP contribution in [0.1, 0.15) is 28.4 Å². The van der Waals surface area contributed by atoms with Gasteiger partial charge in [-0.25, -0.2) is 9.79 Å². The van der Waals surface area contributed by atoms with Gasteiger partial charge in [0.15, 0.2) is 16.7 Å². The van der Waals surface area contributed by atoms with Crippen molar-refractivity contribution in [2.24, 2.45) is 4.99 Å². The maximum absolute atomic E-state index is 13.0. The van der Waals surface area contributed by atoms with Crippen LogP contribution in [0.25, 0.3) is 6.08 Å². The van der Waals surface area contributed by atoms with E-state index in [1.54, 1.807) is 51.4 Å². The molecule has 37 heavy (non-hydrogen) atoms. The van der Waals surface area contributed by atoms with E-state index in [0.29, 0.717) is 50.5 Å². The average Bonchev–Trinajstić information content (AvgIpc) is 3.16. The summed E-state index contributed by atoms with van der Waals surface area (Å²) in [6, 6.07) is 20.4. The van der Waals surface area contributed by atoms with Crippen molar-refractivity contribution in [2.75, 3.05) is 20.8 Å². The molecular weight excluding hydrogens is 556 g/mol. The van der Waals surface area contributed by atoms with Crippen LogP contribution in [-0.2, 0) is 16.1 Å². The zero-order chi connectivity index (χ0) is 26.4. The summed E-state index contributed by atoms with van der Waals surface area (Å²) in [5, 5.41) is 0.506. The van der Waals surface area contributed by atoms with Gasteiger partial charge in [0.05, 0.1) is 34.3 Å². The SMILES string of the molecule is CCOC(=O)c1cccc(N=C2SC(=Cc3cc(Br)c(OCc4ccccc4)c(OC)c3)C(=O)N2C)c1. The molecule has 0 aromatic heterocycles. The molecule has 0 saturated carbocycles. The second-order valence-corrected chi connectivity index (χ2v) is 9.81. The molecule has 0 radical (unpaired) electrons. The number of hydrogen-bond donors (Lipinski definition) is 0. The van der Waals surface area contributed by atoms with Gasteiger partial charge in [0.2, 0.25) is 0 Å². The number of carbonyl (C=O) groups excluding carboxylic acids is 2. The van der Waals surface area contributed by atoms with Gasteiger partial charge in [0, 0.05) is 7.05 Å². The van der Waals surface area contributed by atoms with Crippen LogP contribution in [0.3, 0.4) is 0 Å². The highest BCUT2D eigenvalue weighted by Gasteiger charge is 2.30. The normalized spacial score (nSPS) is 15.4. The molecule has 0 bridgehead atoms. The van der Waals surface area contributed by atoms with Crippen LogP contribution < -0.4 is 9.47 Å². The van der Waals surface area contributed by atoms with Crippen LogP contribution in [0.4, 0.5) is 5.69 Å². The number of methoxy groups -OCH3 is 1. The first-order valence-corrected chi connectivity index (χ1v) is 13.1. The van der Waals surface area contributed by atoms with Crippen molar-refractivity contribution in [3.8, 4) is 11.5 Å². The number of carbonyl (C=O) groups is 2. The van der Waals surface area contributed by atoms with Gasteiger partial charge in [-0.1, -0.05) is 36.4 Å². The van der Waals surface area contributed by atoms with E-state index >= 15 is 0 Å². The number of halogens is 1. The van der Waals surface area contributed by atoms with Gasteiger partial charge in [0.1, 0.15) is 6.61 Å². The van der Waals surface area contributed by atoms with E-state index in [-0.39, 0.29) is 5.91 Å². The monoisotopic (exact) mass is 580 g/mol. The Morgan fingerprint density at radius 3 is 2.62 bits per heavy atom. The van der Waals surface area contributed by atoms with Gasteiger partial charge in [-0.3, -0.25) is 9.69 Å². The molecule has 1 aliphatic rings. The van der Waals surface area contributed by atoms with Crippen molar-refractivity contribution < 1.29 is 23.8 Å². The summed E-state index contributed by atoms with van der Waals surface area (Å²) in [5.41, 5.74) is 2.77. The third kappa shape index (κ3) is 6.42. The molecule has 190 valence electrons. The third-order valence-electron chi connectivity index (χ3n) is 5.36. The van der Waals surface area contributed by atoms with Gasteiger partial charge in [-0.2, -0.15) is 0 Å². The Bertz CT molecular complexity index is 1370. The number of ether oxygens (including phenoxy) is 3. The summed E-state index contributed by atoms with van der Waals surface area (Å²) in [4.78, 5) is 31.6. The van der Waals surface area contributed by atoms with Crippen molar-refractivity contribution in [3.05, 3.63) is 92.8 Å². The molecule has 1 fully saturated rings. The lowest BCUT2D eigenvalue weighted by molar-refractivity contribution is -0.121. The Labute approximate surface area is 228 Å². The molecule has 7 nitrogen and oxygen atoms in total. The molecule has 0 spiro atoms. The van der Waals surface area contributed by atoms with Crippen molar-refractivity contribution in [2.45, 2.75) is 13.5 Å². The number of hydrogen-bond acceptors (Lipinski definition) is 7. The van der Waals surface area contributed by atoms with Gasteiger partial charge in [-0.15, -0.1) is 0 Å². The minimum absolute atomic E-state index is 0.176. The topological polar surface area (TPSA) is 77.4 Å². The first-order valence-electron chi connectivity index (χ1n) is 11.5. The Balaban J connectivity index is 1.56. The van der Waals surface area contributed by atoms with Crippen LogP contribution in [-0.4, -0.2) is 42.7 Å². The van der Waals surface area contributed by atoms with Gasteiger partial charge in [-0.05, 0) is 82.2 Å². The van der Waals surface area contributed by atoms with Crippen LogP contribution in [0.15, 0.2) is 81.1 Å². The molecule has 3 aromatic rings. The fourth-order valence-electron chi connectivity index (χ4n) is 3.52. The summed E-state index contributed by atoms with van der Waals surface area (Å²) in [5.74, 6) is 0.541. The smallest absolute Gasteiger partial charge is 0.338 e. The minimum Gasteiger partial charge on any atom is -0.493 e. The Hall–Kier alpha value is -3.56. The van der Waals surface area contributed by atoms with E-state index < -0.39 is 5.97 Å². The standard InChI is InChI=1S/C28H25BrN2O5S/c1-4-35-27(33)20-11-8-12-21(16-20)30-28-31(2)26(32)24(37-28)15-19-13-22(29)25(23(14-19)34-3)36-17-18-9-6-5-7-10-18/h5-16H,4,17H2,1-3H3. The molecule has 1 saturated heterocycles. The van der Waals surface area contributed by atoms with Crippen LogP contribution in [0.5, 0.6) is 11.5 Å². The van der Waals surface area contributed by atoms with Gasteiger partial charge in [0.25, 0.3) is 5.91 Å². The maximum Gasteiger partial charge on any atom is 0.338 e. The number of aliphatic imine (C=N–C) groups is 1. The quantitative estimate of drug-likeness (QED) is 0.225. The lowest BCUT2D eigenvalue weighted by Gasteiger charge is -2.14. The Morgan fingerprint density at radius 2 is 1.89 bits per heavy atom. The summed E-state index contributed by atoms with van der Waals surface area (Å²) >= 11 is 4.83. The molecule has 1 aliphatic heterocycles. The Kier molecular flexibility index (Phi) is 8.68. The number of nitrogens with zero attached hydrogens (tertiary/aromatic N) is 2. The van der Waals surface area contributed by atoms with E-state index in [4.69, 9.17) is 14.2 Å². The summed E-state index contributed by atoms with van der Waals surface area (Å²) < 4.78 is 17.3. The summed E-state index contributed by atoms with van der Waals surface area (Å²) in [6.45, 7) is 2.44. The van der Waals surface area contributed by atoms with E-state index in [0.717, 1.165) is 11.1 Å². The van der Waals surface area contributed by atoms with Crippen molar-refractivity contribution in [1.29, 1.82) is 0 Å². The van der Waals surface area contributed by atoms with E-state index in [1.807, 2.05) is 42.5 Å². The summed E-state index contributed by atoms with van der Waals surface area (Å²) in [7, 11) is 3.24. The second-order valence-electron chi connectivity index (χ2n) is 7.95. The van der Waals surface area contributed by atoms with Crippen LogP contribution in [0, 0.1) is 0 Å². The summed E-state index contributed by atoms with van der Waals surface area (Å²) in [6.07, 6.45) is 1.79. The highest BCUT2D eigenvalue weighted by atomic mass is 79.9. The van der Waals surface area contributed by atoms with E-state index in [9.17, 15) is 9.59 Å². The number of likely N-dealkylation sites (N-methyl/N-ethyl adjacent to an activating group) is 1. The number of rotatable bonds is 8. The van der Waals surface area contributed by atoms with Crippen molar-refractivity contribution in [3.63, 3.8) is 0 Å². The molecule has 4 rings (SSSR count). The second kappa shape index (κ2) is 12.1. The first kappa shape index (κ1) is 26.5. The Morgan fingerprint density at radius 1 is 1.11 bits per heavy atom. The highest BCUT2D eigenvalue weighted by Crippen LogP contribution is 2.39. The molecule has 0 aliphatic carbocycles. The predicted octanol–water partition coefficient (Wildman–Crippen LogP) is 6.45. The van der Waals surface area contributed by atoms with Crippen LogP contribution >= 0.6 is 27.7 Å². The molecule has 1 amide bonds.